The highest BCUT2D eigenvalue weighted by Gasteiger charge is 2.16. The van der Waals surface area contributed by atoms with Crippen LogP contribution in [0.15, 0.2) is 48.8 Å². The third kappa shape index (κ3) is 2.44. The summed E-state index contributed by atoms with van der Waals surface area (Å²) in [5.41, 5.74) is 3.20. The number of fused-ring (bicyclic) bond motifs is 1. The minimum absolute atomic E-state index is 0.985. The molecule has 0 bridgehead atoms. The molecule has 22 heavy (non-hydrogen) atoms. The van der Waals surface area contributed by atoms with Gasteiger partial charge in [0.1, 0.15) is 5.52 Å². The lowest BCUT2D eigenvalue weighted by atomic mass is 10.1. The maximum atomic E-state index is 4.70. The number of rotatable bonds is 2. The van der Waals surface area contributed by atoms with Gasteiger partial charge in [-0.05, 0) is 19.0 Å². The fourth-order valence-electron chi connectivity index (χ4n) is 2.96. The van der Waals surface area contributed by atoms with Gasteiger partial charge in [-0.3, -0.25) is 0 Å². The number of aromatic nitrogens is 3. The van der Waals surface area contributed by atoms with E-state index in [1.165, 1.54) is 0 Å². The molecule has 1 aliphatic heterocycles. The fraction of sp³-hybridized carbons (Fsp3) is 0.294. The standard InChI is InChI=1S/C17H19N5/c1-2-5-14(6-3-1)15-13-16-17(19-9-12-22(16)20-15)21-10-4-7-18-8-11-21/h1-3,5-6,9,12-13,18H,4,7-8,10-11H2. The van der Waals surface area contributed by atoms with Gasteiger partial charge in [-0.15, -0.1) is 0 Å². The highest BCUT2D eigenvalue weighted by Crippen LogP contribution is 2.25. The molecule has 0 radical (unpaired) electrons. The maximum Gasteiger partial charge on any atom is 0.154 e. The van der Waals surface area contributed by atoms with E-state index in [0.29, 0.717) is 0 Å². The number of hydrogen-bond donors (Lipinski definition) is 1. The molecule has 0 saturated carbocycles. The van der Waals surface area contributed by atoms with Crippen LogP contribution >= 0.6 is 0 Å². The van der Waals surface area contributed by atoms with E-state index in [1.807, 2.05) is 35.1 Å². The van der Waals surface area contributed by atoms with Crippen molar-refractivity contribution in [2.45, 2.75) is 6.42 Å². The molecule has 0 atom stereocenters. The second-order valence-corrected chi connectivity index (χ2v) is 5.57. The van der Waals surface area contributed by atoms with Crippen LogP contribution in [0.25, 0.3) is 16.8 Å². The number of nitrogens with one attached hydrogen (secondary N) is 1. The van der Waals surface area contributed by atoms with Gasteiger partial charge in [-0.2, -0.15) is 5.10 Å². The lowest BCUT2D eigenvalue weighted by molar-refractivity contribution is 0.724. The van der Waals surface area contributed by atoms with E-state index in [2.05, 4.69) is 33.4 Å². The van der Waals surface area contributed by atoms with Crippen LogP contribution < -0.4 is 10.2 Å². The third-order valence-corrected chi connectivity index (χ3v) is 4.08. The fourth-order valence-corrected chi connectivity index (χ4v) is 2.96. The van der Waals surface area contributed by atoms with Gasteiger partial charge in [-0.1, -0.05) is 30.3 Å². The first-order chi connectivity index (χ1) is 10.9. The Balaban J connectivity index is 1.78. The molecule has 5 heteroatoms. The molecule has 3 aromatic rings. The molecule has 1 aromatic carbocycles. The Hall–Kier alpha value is -2.40. The molecular formula is C17H19N5. The molecule has 5 nitrogen and oxygen atoms in total. The molecule has 1 fully saturated rings. The van der Waals surface area contributed by atoms with Gasteiger partial charge in [0.05, 0.1) is 5.69 Å². The average molecular weight is 293 g/mol. The number of nitrogens with zero attached hydrogens (tertiary/aromatic N) is 4. The Morgan fingerprint density at radius 3 is 2.86 bits per heavy atom. The van der Waals surface area contributed by atoms with Gasteiger partial charge in [0, 0.05) is 37.6 Å². The van der Waals surface area contributed by atoms with Crippen molar-refractivity contribution < 1.29 is 0 Å². The van der Waals surface area contributed by atoms with Crippen LogP contribution in [0, 0.1) is 0 Å². The van der Waals surface area contributed by atoms with E-state index in [0.717, 1.165) is 55.2 Å². The number of anilines is 1. The van der Waals surface area contributed by atoms with E-state index in [1.54, 1.807) is 0 Å². The van der Waals surface area contributed by atoms with Crippen molar-refractivity contribution in [1.82, 2.24) is 19.9 Å². The van der Waals surface area contributed by atoms with Gasteiger partial charge in [0.25, 0.3) is 0 Å². The van der Waals surface area contributed by atoms with Crippen LogP contribution in [-0.2, 0) is 0 Å². The predicted molar refractivity (Wildman–Crippen MR) is 88.1 cm³/mol. The van der Waals surface area contributed by atoms with Crippen LogP contribution in [0.4, 0.5) is 5.82 Å². The number of benzene rings is 1. The zero-order valence-corrected chi connectivity index (χ0v) is 12.4. The second-order valence-electron chi connectivity index (χ2n) is 5.57. The minimum Gasteiger partial charge on any atom is -0.354 e. The van der Waals surface area contributed by atoms with Crippen molar-refractivity contribution in [3.05, 3.63) is 48.8 Å². The molecule has 112 valence electrons. The van der Waals surface area contributed by atoms with Crippen molar-refractivity contribution in [1.29, 1.82) is 0 Å². The normalized spacial score (nSPS) is 15.9. The van der Waals surface area contributed by atoms with Crippen molar-refractivity contribution in [2.24, 2.45) is 0 Å². The Bertz CT molecular complexity index is 757. The van der Waals surface area contributed by atoms with Gasteiger partial charge in [0.15, 0.2) is 5.82 Å². The molecule has 2 aromatic heterocycles. The van der Waals surface area contributed by atoms with Crippen LogP contribution in [0.3, 0.4) is 0 Å². The van der Waals surface area contributed by atoms with Gasteiger partial charge in [-0.25, -0.2) is 9.50 Å². The summed E-state index contributed by atoms with van der Waals surface area (Å²) in [5.74, 6) is 1.03. The number of hydrogen-bond acceptors (Lipinski definition) is 4. The summed E-state index contributed by atoms with van der Waals surface area (Å²) in [6, 6.07) is 12.4. The molecule has 1 saturated heterocycles. The smallest absolute Gasteiger partial charge is 0.154 e. The molecule has 0 amide bonds. The third-order valence-electron chi connectivity index (χ3n) is 4.08. The average Bonchev–Trinajstić information content (AvgIpc) is 2.83. The highest BCUT2D eigenvalue weighted by molar-refractivity contribution is 5.75. The Labute approximate surface area is 129 Å². The first kappa shape index (κ1) is 13.3. The summed E-state index contributed by atoms with van der Waals surface area (Å²) in [5, 5.41) is 8.13. The summed E-state index contributed by atoms with van der Waals surface area (Å²) in [7, 11) is 0. The summed E-state index contributed by atoms with van der Waals surface area (Å²) < 4.78 is 1.93. The molecular weight excluding hydrogens is 274 g/mol. The van der Waals surface area contributed by atoms with Crippen molar-refractivity contribution in [2.75, 3.05) is 31.1 Å². The van der Waals surface area contributed by atoms with Crippen LogP contribution in [0.1, 0.15) is 6.42 Å². The summed E-state index contributed by atoms with van der Waals surface area (Å²) in [6.45, 7) is 4.10. The van der Waals surface area contributed by atoms with Gasteiger partial charge >= 0.3 is 0 Å². The zero-order chi connectivity index (χ0) is 14.8. The predicted octanol–water partition coefficient (Wildman–Crippen LogP) is 2.20. The molecule has 0 unspecified atom stereocenters. The molecule has 0 aliphatic carbocycles. The first-order valence-electron chi connectivity index (χ1n) is 7.77. The topological polar surface area (TPSA) is 45.5 Å². The van der Waals surface area contributed by atoms with Gasteiger partial charge in [0.2, 0.25) is 0 Å². The molecule has 0 spiro atoms. The van der Waals surface area contributed by atoms with E-state index in [4.69, 9.17) is 5.10 Å². The molecule has 4 rings (SSSR count). The first-order valence-corrected chi connectivity index (χ1v) is 7.77. The van der Waals surface area contributed by atoms with Crippen LogP contribution in [-0.4, -0.2) is 40.8 Å². The molecule has 1 aliphatic rings. The lowest BCUT2D eigenvalue weighted by Crippen LogP contribution is -2.29. The lowest BCUT2D eigenvalue weighted by Gasteiger charge is -2.21. The summed E-state index contributed by atoms with van der Waals surface area (Å²) in [4.78, 5) is 6.97. The van der Waals surface area contributed by atoms with Gasteiger partial charge < -0.3 is 10.2 Å². The Morgan fingerprint density at radius 1 is 1.05 bits per heavy atom. The second kappa shape index (κ2) is 5.77. The largest absolute Gasteiger partial charge is 0.354 e. The maximum absolute atomic E-state index is 4.70. The quantitative estimate of drug-likeness (QED) is 0.787. The highest BCUT2D eigenvalue weighted by atomic mass is 15.3. The van der Waals surface area contributed by atoms with E-state index < -0.39 is 0 Å². The van der Waals surface area contributed by atoms with E-state index in [9.17, 15) is 0 Å². The van der Waals surface area contributed by atoms with E-state index in [-0.39, 0.29) is 0 Å². The van der Waals surface area contributed by atoms with Crippen molar-refractivity contribution in [3.63, 3.8) is 0 Å². The Kier molecular flexibility index (Phi) is 3.48. The molecule has 3 heterocycles. The zero-order valence-electron chi connectivity index (χ0n) is 12.4. The molecule has 1 N–H and O–H groups in total. The summed E-state index contributed by atoms with van der Waals surface area (Å²) >= 11 is 0. The van der Waals surface area contributed by atoms with E-state index >= 15 is 0 Å². The van der Waals surface area contributed by atoms with Crippen molar-refractivity contribution in [3.8, 4) is 11.3 Å². The van der Waals surface area contributed by atoms with Crippen LogP contribution in [0.5, 0.6) is 0 Å². The summed E-state index contributed by atoms with van der Waals surface area (Å²) in [6.07, 6.45) is 4.90. The SMILES string of the molecule is c1ccc(-c2cc3c(N4CCCNCC4)nccn3n2)cc1. The monoisotopic (exact) mass is 293 g/mol. The van der Waals surface area contributed by atoms with Crippen LogP contribution in [0.2, 0.25) is 0 Å². The van der Waals surface area contributed by atoms with Crippen molar-refractivity contribution >= 4 is 11.3 Å². The minimum atomic E-state index is 0.985. The Morgan fingerprint density at radius 2 is 1.95 bits per heavy atom.